The molecule has 1 unspecified atom stereocenters. The van der Waals surface area contributed by atoms with E-state index in [1.165, 1.54) is 0 Å². The zero-order valence-corrected chi connectivity index (χ0v) is 14.2. The van der Waals surface area contributed by atoms with Crippen LogP contribution in [0.15, 0.2) is 10.8 Å². The topological polar surface area (TPSA) is 44.3 Å². The molecule has 1 N–H and O–H groups in total. The summed E-state index contributed by atoms with van der Waals surface area (Å²) in [6.07, 6.45) is 3.89. The van der Waals surface area contributed by atoms with Crippen molar-refractivity contribution in [3.8, 4) is 0 Å². The summed E-state index contributed by atoms with van der Waals surface area (Å²) in [6, 6.07) is 0.452. The SMILES string of the molecule is CCCNc1ncnc(N2CCCN(C)CC2C)c1Br. The van der Waals surface area contributed by atoms with Crippen molar-refractivity contribution >= 4 is 27.6 Å². The van der Waals surface area contributed by atoms with E-state index in [1.807, 2.05) is 0 Å². The molecule has 112 valence electrons. The number of aromatic nitrogens is 2. The predicted octanol–water partition coefficient (Wildman–Crippen LogP) is 2.59. The van der Waals surface area contributed by atoms with Crippen LogP contribution in [0.2, 0.25) is 0 Å². The molecular weight excluding hydrogens is 318 g/mol. The predicted molar refractivity (Wildman–Crippen MR) is 87.4 cm³/mol. The summed E-state index contributed by atoms with van der Waals surface area (Å²) in [7, 11) is 2.18. The molecule has 6 heteroatoms. The van der Waals surface area contributed by atoms with Gasteiger partial charge in [0.25, 0.3) is 0 Å². The van der Waals surface area contributed by atoms with Gasteiger partial charge in [0.1, 0.15) is 22.4 Å². The van der Waals surface area contributed by atoms with E-state index in [9.17, 15) is 0 Å². The van der Waals surface area contributed by atoms with Crippen LogP contribution in [0.5, 0.6) is 0 Å². The summed E-state index contributed by atoms with van der Waals surface area (Å²) in [5, 5.41) is 3.35. The fraction of sp³-hybridized carbons (Fsp3) is 0.714. The highest BCUT2D eigenvalue weighted by Gasteiger charge is 2.23. The van der Waals surface area contributed by atoms with Crippen molar-refractivity contribution in [3.63, 3.8) is 0 Å². The van der Waals surface area contributed by atoms with Crippen LogP contribution in [0.25, 0.3) is 0 Å². The summed E-state index contributed by atoms with van der Waals surface area (Å²) in [5.74, 6) is 1.89. The van der Waals surface area contributed by atoms with Gasteiger partial charge in [-0.1, -0.05) is 6.92 Å². The van der Waals surface area contributed by atoms with Crippen LogP contribution in [-0.4, -0.2) is 54.1 Å². The molecule has 1 saturated heterocycles. The summed E-state index contributed by atoms with van der Waals surface area (Å²) in [6.45, 7) is 8.57. The number of anilines is 2. The van der Waals surface area contributed by atoms with Crippen molar-refractivity contribution in [1.29, 1.82) is 0 Å². The molecule has 0 radical (unpaired) electrons. The van der Waals surface area contributed by atoms with Gasteiger partial charge in [0.15, 0.2) is 0 Å². The molecule has 0 aliphatic carbocycles. The first-order valence-corrected chi connectivity index (χ1v) is 8.12. The zero-order valence-electron chi connectivity index (χ0n) is 12.6. The summed E-state index contributed by atoms with van der Waals surface area (Å²) < 4.78 is 0.977. The Morgan fingerprint density at radius 3 is 2.95 bits per heavy atom. The Labute approximate surface area is 129 Å². The molecule has 1 aromatic heterocycles. The highest BCUT2D eigenvalue weighted by atomic mass is 79.9. The number of halogens is 1. The van der Waals surface area contributed by atoms with E-state index in [0.717, 1.165) is 55.1 Å². The minimum absolute atomic E-state index is 0.452. The molecule has 0 spiro atoms. The third-order valence-electron chi connectivity index (χ3n) is 3.63. The highest BCUT2D eigenvalue weighted by molar-refractivity contribution is 9.10. The Morgan fingerprint density at radius 2 is 2.20 bits per heavy atom. The number of hydrogen-bond acceptors (Lipinski definition) is 5. The Hall–Kier alpha value is -0.880. The molecule has 0 bridgehead atoms. The summed E-state index contributed by atoms with van der Waals surface area (Å²) >= 11 is 3.67. The quantitative estimate of drug-likeness (QED) is 0.911. The van der Waals surface area contributed by atoms with Gasteiger partial charge >= 0.3 is 0 Å². The second kappa shape index (κ2) is 7.22. The van der Waals surface area contributed by atoms with Gasteiger partial charge in [-0.3, -0.25) is 0 Å². The fourth-order valence-electron chi connectivity index (χ4n) is 2.61. The van der Waals surface area contributed by atoms with Crippen LogP contribution < -0.4 is 10.2 Å². The zero-order chi connectivity index (χ0) is 14.5. The van der Waals surface area contributed by atoms with Gasteiger partial charge in [-0.05, 0) is 49.3 Å². The van der Waals surface area contributed by atoms with E-state index in [2.05, 4.69) is 61.9 Å². The molecule has 1 atom stereocenters. The first-order chi connectivity index (χ1) is 9.63. The van der Waals surface area contributed by atoms with E-state index in [-0.39, 0.29) is 0 Å². The van der Waals surface area contributed by atoms with Gasteiger partial charge in [0.2, 0.25) is 0 Å². The van der Waals surface area contributed by atoms with Gasteiger partial charge in [0.05, 0.1) is 0 Å². The summed E-state index contributed by atoms with van der Waals surface area (Å²) in [5.41, 5.74) is 0. The van der Waals surface area contributed by atoms with Gasteiger partial charge in [0, 0.05) is 25.7 Å². The van der Waals surface area contributed by atoms with E-state index < -0.39 is 0 Å². The third-order valence-corrected chi connectivity index (χ3v) is 4.36. The third kappa shape index (κ3) is 3.61. The standard InChI is InChI=1S/C14H24BrN5/c1-4-6-16-13-12(15)14(18-10-17-13)20-8-5-7-19(3)9-11(20)2/h10-11H,4-9H2,1-3H3,(H,16,17,18). The van der Waals surface area contributed by atoms with Gasteiger partial charge in [-0.25, -0.2) is 9.97 Å². The fourth-order valence-corrected chi connectivity index (χ4v) is 3.19. The Bertz CT molecular complexity index is 440. The molecule has 1 aliphatic rings. The first-order valence-electron chi connectivity index (χ1n) is 7.33. The molecule has 0 saturated carbocycles. The van der Waals surface area contributed by atoms with Gasteiger partial charge in [-0.2, -0.15) is 0 Å². The van der Waals surface area contributed by atoms with Crippen molar-refractivity contribution < 1.29 is 0 Å². The molecule has 1 fully saturated rings. The maximum absolute atomic E-state index is 4.50. The van der Waals surface area contributed by atoms with Gasteiger partial charge < -0.3 is 15.1 Å². The lowest BCUT2D eigenvalue weighted by atomic mass is 10.2. The molecule has 2 heterocycles. The number of rotatable bonds is 4. The van der Waals surface area contributed by atoms with Crippen molar-refractivity contribution in [1.82, 2.24) is 14.9 Å². The maximum Gasteiger partial charge on any atom is 0.148 e. The number of likely N-dealkylation sites (N-methyl/N-ethyl adjacent to an activating group) is 1. The highest BCUT2D eigenvalue weighted by Crippen LogP contribution is 2.31. The number of hydrogen-bond donors (Lipinski definition) is 1. The van der Waals surface area contributed by atoms with E-state index >= 15 is 0 Å². The van der Waals surface area contributed by atoms with Crippen LogP contribution in [0.1, 0.15) is 26.7 Å². The normalized spacial score (nSPS) is 20.8. The molecule has 20 heavy (non-hydrogen) atoms. The minimum Gasteiger partial charge on any atom is -0.369 e. The molecule has 1 aliphatic heterocycles. The van der Waals surface area contributed by atoms with Crippen molar-refractivity contribution in [2.75, 3.05) is 43.4 Å². The monoisotopic (exact) mass is 341 g/mol. The Morgan fingerprint density at radius 1 is 1.40 bits per heavy atom. The van der Waals surface area contributed by atoms with Crippen LogP contribution in [0.3, 0.4) is 0 Å². The lowest BCUT2D eigenvalue weighted by molar-refractivity contribution is 0.337. The van der Waals surface area contributed by atoms with Crippen LogP contribution in [-0.2, 0) is 0 Å². The lowest BCUT2D eigenvalue weighted by Crippen LogP contribution is -2.38. The van der Waals surface area contributed by atoms with Crippen LogP contribution in [0.4, 0.5) is 11.6 Å². The lowest BCUT2D eigenvalue weighted by Gasteiger charge is -2.30. The number of nitrogens with one attached hydrogen (secondary N) is 1. The van der Waals surface area contributed by atoms with Crippen molar-refractivity contribution in [2.45, 2.75) is 32.7 Å². The smallest absolute Gasteiger partial charge is 0.148 e. The summed E-state index contributed by atoms with van der Waals surface area (Å²) in [4.78, 5) is 13.6. The molecule has 2 rings (SSSR count). The molecule has 5 nitrogen and oxygen atoms in total. The molecule has 1 aromatic rings. The molecule has 0 aromatic carbocycles. The average Bonchev–Trinajstić information content (AvgIpc) is 2.58. The largest absolute Gasteiger partial charge is 0.369 e. The second-order valence-corrected chi connectivity index (χ2v) is 6.24. The maximum atomic E-state index is 4.50. The van der Waals surface area contributed by atoms with Crippen LogP contribution in [0, 0.1) is 0 Å². The average molecular weight is 342 g/mol. The van der Waals surface area contributed by atoms with Gasteiger partial charge in [-0.15, -0.1) is 0 Å². The molecular formula is C14H24BrN5. The van der Waals surface area contributed by atoms with E-state index in [1.54, 1.807) is 6.33 Å². The minimum atomic E-state index is 0.452. The first kappa shape index (κ1) is 15.5. The molecule has 0 amide bonds. The van der Waals surface area contributed by atoms with E-state index in [0.29, 0.717) is 6.04 Å². The van der Waals surface area contributed by atoms with Crippen molar-refractivity contribution in [2.24, 2.45) is 0 Å². The number of nitrogens with zero attached hydrogens (tertiary/aromatic N) is 4. The second-order valence-electron chi connectivity index (χ2n) is 5.44. The Kier molecular flexibility index (Phi) is 5.60. The van der Waals surface area contributed by atoms with E-state index in [4.69, 9.17) is 0 Å². The van der Waals surface area contributed by atoms with Crippen LogP contribution >= 0.6 is 15.9 Å². The Balaban J connectivity index is 2.22. The van der Waals surface area contributed by atoms with Crippen molar-refractivity contribution in [3.05, 3.63) is 10.8 Å².